The minimum atomic E-state index is -0.122. The van der Waals surface area contributed by atoms with Crippen molar-refractivity contribution < 1.29 is 14.3 Å². The first-order valence-electron chi connectivity index (χ1n) is 14.2. The molecule has 3 heterocycles. The van der Waals surface area contributed by atoms with Crippen LogP contribution in [0.4, 0.5) is 0 Å². The molecule has 0 spiro atoms. The molecule has 200 valence electrons. The van der Waals surface area contributed by atoms with Crippen LogP contribution >= 0.6 is 11.3 Å². The van der Waals surface area contributed by atoms with Gasteiger partial charge in [0.1, 0.15) is 16.3 Å². The fraction of sp³-hybridized carbons (Fsp3) is 0.548. The number of carbonyl (C=O) groups is 2. The Morgan fingerprint density at radius 3 is 2.42 bits per heavy atom. The molecule has 1 atom stereocenters. The predicted octanol–water partition coefficient (Wildman–Crippen LogP) is 5.65. The van der Waals surface area contributed by atoms with Gasteiger partial charge in [0.15, 0.2) is 0 Å². The number of para-hydroxylation sites is 1. The molecule has 38 heavy (non-hydrogen) atoms. The standard InChI is InChI=1S/C31H37N3O3S/c1-20-18-32(8-9-33(20)30(36)31-15-21-11-22(16-31)13-23(12-21)17-31)28(35)26-14-24-7-10-38-29(24)34(26)19-25-5-3-4-6-27(25)37-2/h3-7,10,14,20-23H,8-9,11-13,15-19H2,1-2H3/t20-,21?,22?,23?,31?/m0/s1. The molecule has 1 aliphatic heterocycles. The Bertz CT molecular complexity index is 1350. The van der Waals surface area contributed by atoms with Gasteiger partial charge in [0, 0.05) is 36.6 Å². The molecule has 4 saturated carbocycles. The van der Waals surface area contributed by atoms with Gasteiger partial charge in [0.2, 0.25) is 5.91 Å². The summed E-state index contributed by atoms with van der Waals surface area (Å²) in [5.41, 5.74) is 1.64. The Kier molecular flexibility index (Phi) is 5.84. The smallest absolute Gasteiger partial charge is 0.270 e. The number of hydrogen-bond acceptors (Lipinski definition) is 4. The lowest BCUT2D eigenvalue weighted by molar-refractivity contribution is -0.161. The summed E-state index contributed by atoms with van der Waals surface area (Å²) in [6, 6.07) is 12.2. The van der Waals surface area contributed by atoms with Crippen LogP contribution < -0.4 is 4.74 Å². The van der Waals surface area contributed by atoms with E-state index in [1.54, 1.807) is 18.4 Å². The number of carbonyl (C=O) groups excluding carboxylic acids is 2. The van der Waals surface area contributed by atoms with Crippen molar-refractivity contribution in [2.45, 2.75) is 58.0 Å². The number of nitrogens with zero attached hydrogens (tertiary/aromatic N) is 3. The molecule has 0 unspecified atom stereocenters. The number of fused-ring (bicyclic) bond motifs is 1. The van der Waals surface area contributed by atoms with Crippen LogP contribution in [0.5, 0.6) is 5.75 Å². The highest BCUT2D eigenvalue weighted by Crippen LogP contribution is 2.60. The lowest BCUT2D eigenvalue weighted by Crippen LogP contribution is -2.61. The molecule has 2 amide bonds. The molecular formula is C31H37N3O3S. The lowest BCUT2D eigenvalue weighted by Gasteiger charge is -2.57. The summed E-state index contributed by atoms with van der Waals surface area (Å²) in [5.74, 6) is 3.54. The van der Waals surface area contributed by atoms with Gasteiger partial charge in [-0.1, -0.05) is 18.2 Å². The molecule has 4 bridgehead atoms. The van der Waals surface area contributed by atoms with Crippen LogP contribution in [0.15, 0.2) is 41.8 Å². The number of ether oxygens (including phenoxy) is 1. The van der Waals surface area contributed by atoms with Crippen LogP contribution in [0.2, 0.25) is 0 Å². The molecule has 8 rings (SSSR count). The SMILES string of the molecule is COc1ccccc1Cn1c(C(=O)N2CCN(C(=O)C34CC5CC(CC(C5)C3)C4)[C@@H](C)C2)cc2ccsc21. The molecule has 0 radical (unpaired) electrons. The second-order valence-corrected chi connectivity index (χ2v) is 13.3. The molecule has 0 N–H and O–H groups in total. The van der Waals surface area contributed by atoms with Crippen molar-refractivity contribution in [1.82, 2.24) is 14.4 Å². The second kappa shape index (κ2) is 9.15. The average molecular weight is 532 g/mol. The summed E-state index contributed by atoms with van der Waals surface area (Å²) in [6.45, 7) is 4.52. The van der Waals surface area contributed by atoms with Gasteiger partial charge < -0.3 is 19.1 Å². The number of hydrogen-bond donors (Lipinski definition) is 0. The van der Waals surface area contributed by atoms with E-state index in [-0.39, 0.29) is 17.4 Å². The Hall–Kier alpha value is -2.80. The minimum Gasteiger partial charge on any atom is -0.496 e. The molecule has 4 aliphatic carbocycles. The number of aromatic nitrogens is 1. The third kappa shape index (κ3) is 3.88. The topological polar surface area (TPSA) is 54.8 Å². The third-order valence-corrected chi connectivity index (χ3v) is 10.9. The van der Waals surface area contributed by atoms with Crippen molar-refractivity contribution in [3.63, 3.8) is 0 Å². The molecular weight excluding hydrogens is 494 g/mol. The maximum atomic E-state index is 14.0. The normalized spacial score (nSPS) is 30.3. The highest BCUT2D eigenvalue weighted by atomic mass is 32.1. The Morgan fingerprint density at radius 2 is 1.74 bits per heavy atom. The van der Waals surface area contributed by atoms with Crippen molar-refractivity contribution in [3.05, 3.63) is 53.0 Å². The summed E-state index contributed by atoms with van der Waals surface area (Å²) >= 11 is 1.66. The molecule has 7 heteroatoms. The minimum absolute atomic E-state index is 0.0342. The molecule has 1 aromatic carbocycles. The van der Waals surface area contributed by atoms with Gasteiger partial charge in [-0.25, -0.2) is 0 Å². The number of benzene rings is 1. The molecule has 1 saturated heterocycles. The van der Waals surface area contributed by atoms with E-state index in [1.165, 1.54) is 19.3 Å². The lowest BCUT2D eigenvalue weighted by atomic mass is 9.49. The van der Waals surface area contributed by atoms with Gasteiger partial charge in [-0.3, -0.25) is 9.59 Å². The number of piperazine rings is 1. The summed E-state index contributed by atoms with van der Waals surface area (Å²) in [4.78, 5) is 33.2. The molecule has 3 aromatic rings. The van der Waals surface area contributed by atoms with E-state index in [9.17, 15) is 9.59 Å². The van der Waals surface area contributed by atoms with E-state index in [0.717, 1.165) is 58.5 Å². The van der Waals surface area contributed by atoms with E-state index in [2.05, 4.69) is 33.9 Å². The van der Waals surface area contributed by atoms with Crippen LogP contribution in [0.25, 0.3) is 10.2 Å². The van der Waals surface area contributed by atoms with Gasteiger partial charge in [-0.2, -0.15) is 0 Å². The maximum Gasteiger partial charge on any atom is 0.270 e. The first-order chi connectivity index (χ1) is 18.4. The van der Waals surface area contributed by atoms with Gasteiger partial charge in [-0.15, -0.1) is 11.3 Å². The van der Waals surface area contributed by atoms with Crippen LogP contribution in [-0.4, -0.2) is 59.0 Å². The van der Waals surface area contributed by atoms with Crippen molar-refractivity contribution in [3.8, 4) is 5.75 Å². The van der Waals surface area contributed by atoms with Gasteiger partial charge in [0.05, 0.1) is 19.1 Å². The Balaban J connectivity index is 1.11. The van der Waals surface area contributed by atoms with E-state index >= 15 is 0 Å². The maximum absolute atomic E-state index is 14.0. The van der Waals surface area contributed by atoms with E-state index in [1.807, 2.05) is 29.2 Å². The zero-order valence-electron chi connectivity index (χ0n) is 22.4. The quantitative estimate of drug-likeness (QED) is 0.428. The van der Waals surface area contributed by atoms with Crippen LogP contribution in [0.1, 0.15) is 61.5 Å². The van der Waals surface area contributed by atoms with Crippen molar-refractivity contribution >= 4 is 33.4 Å². The summed E-state index contributed by atoms with van der Waals surface area (Å²) in [7, 11) is 1.69. The summed E-state index contributed by atoms with van der Waals surface area (Å²) in [6.07, 6.45) is 7.31. The van der Waals surface area contributed by atoms with Crippen molar-refractivity contribution in [2.24, 2.45) is 23.2 Å². The predicted molar refractivity (Wildman–Crippen MR) is 150 cm³/mol. The first-order valence-corrected chi connectivity index (χ1v) is 15.1. The van der Waals surface area contributed by atoms with Crippen molar-refractivity contribution in [2.75, 3.05) is 26.7 Å². The van der Waals surface area contributed by atoms with Crippen LogP contribution in [-0.2, 0) is 11.3 Å². The molecule has 5 fully saturated rings. The van der Waals surface area contributed by atoms with E-state index in [0.29, 0.717) is 37.8 Å². The van der Waals surface area contributed by atoms with Gasteiger partial charge >= 0.3 is 0 Å². The third-order valence-electron chi connectivity index (χ3n) is 9.91. The average Bonchev–Trinajstić information content (AvgIpc) is 3.50. The number of methoxy groups -OCH3 is 1. The number of thiophene rings is 1. The Labute approximate surface area is 228 Å². The fourth-order valence-electron chi connectivity index (χ4n) is 8.60. The fourth-order valence-corrected chi connectivity index (χ4v) is 9.49. The van der Waals surface area contributed by atoms with Gasteiger partial charge in [0.25, 0.3) is 5.91 Å². The van der Waals surface area contributed by atoms with Crippen molar-refractivity contribution in [1.29, 1.82) is 0 Å². The Morgan fingerprint density at radius 1 is 1.03 bits per heavy atom. The number of amides is 2. The summed E-state index contributed by atoms with van der Waals surface area (Å²) in [5, 5.41) is 3.17. The molecule has 6 nitrogen and oxygen atoms in total. The van der Waals surface area contributed by atoms with Crippen LogP contribution in [0.3, 0.4) is 0 Å². The highest BCUT2D eigenvalue weighted by Gasteiger charge is 2.56. The first kappa shape index (κ1) is 24.3. The van der Waals surface area contributed by atoms with Gasteiger partial charge in [-0.05, 0) is 86.8 Å². The number of rotatable bonds is 5. The zero-order valence-corrected chi connectivity index (χ0v) is 23.2. The van der Waals surface area contributed by atoms with E-state index in [4.69, 9.17) is 4.74 Å². The van der Waals surface area contributed by atoms with E-state index < -0.39 is 0 Å². The monoisotopic (exact) mass is 531 g/mol. The second-order valence-electron chi connectivity index (χ2n) is 12.4. The zero-order chi connectivity index (χ0) is 26.0. The molecule has 2 aromatic heterocycles. The molecule has 5 aliphatic rings. The highest BCUT2D eigenvalue weighted by molar-refractivity contribution is 7.16. The summed E-state index contributed by atoms with van der Waals surface area (Å²) < 4.78 is 7.73. The van der Waals surface area contributed by atoms with Crippen LogP contribution in [0, 0.1) is 23.2 Å². The largest absolute Gasteiger partial charge is 0.496 e.